The maximum atomic E-state index is 12.1. The molecule has 0 fully saturated rings. The van der Waals surface area contributed by atoms with Crippen molar-refractivity contribution in [1.29, 1.82) is 5.26 Å². The Morgan fingerprint density at radius 2 is 1.81 bits per heavy atom. The second kappa shape index (κ2) is 15.1. The zero-order valence-electron chi connectivity index (χ0n) is 21.5. The van der Waals surface area contributed by atoms with Crippen molar-refractivity contribution in [2.75, 3.05) is 52.8 Å². The number of carbonyl (C=O) groups excluding carboxylic acids is 1. The number of nitrogens with two attached hydrogens (primary N) is 1. The van der Waals surface area contributed by atoms with Gasteiger partial charge in [-0.1, -0.05) is 24.3 Å². The molecule has 0 heterocycles. The third-order valence-corrected chi connectivity index (χ3v) is 5.56. The molecule has 0 saturated heterocycles. The highest BCUT2D eigenvalue weighted by Crippen LogP contribution is 2.22. The van der Waals surface area contributed by atoms with Gasteiger partial charge in [-0.3, -0.25) is 9.79 Å². The van der Waals surface area contributed by atoms with Gasteiger partial charge in [-0.15, -0.1) is 0 Å². The zero-order chi connectivity index (χ0) is 26.3. The van der Waals surface area contributed by atoms with Gasteiger partial charge < -0.3 is 25.4 Å². The van der Waals surface area contributed by atoms with Crippen LogP contribution in [0.1, 0.15) is 24.0 Å². The van der Waals surface area contributed by atoms with Crippen molar-refractivity contribution in [2.24, 2.45) is 10.7 Å². The van der Waals surface area contributed by atoms with Crippen LogP contribution >= 0.6 is 0 Å². The molecule has 0 saturated carbocycles. The van der Waals surface area contributed by atoms with Crippen LogP contribution < -0.4 is 25.4 Å². The Morgan fingerprint density at radius 1 is 1.14 bits per heavy atom. The predicted molar refractivity (Wildman–Crippen MR) is 144 cm³/mol. The molecule has 0 aliphatic rings. The topological polar surface area (TPSA) is 116 Å². The van der Waals surface area contributed by atoms with Crippen LogP contribution in [0, 0.1) is 11.5 Å². The van der Waals surface area contributed by atoms with E-state index in [-0.39, 0.29) is 11.9 Å². The lowest BCUT2D eigenvalue weighted by atomic mass is 10.1. The molecule has 2 rings (SSSR count). The molecule has 0 atom stereocenters. The molecule has 1 amide bonds. The quantitative estimate of drug-likeness (QED) is 0.145. The lowest BCUT2D eigenvalue weighted by molar-refractivity contribution is -0.120. The number of aliphatic imine (C=N–C) groups is 1. The molecule has 0 unspecified atom stereocenters. The van der Waals surface area contributed by atoms with Gasteiger partial charge in [0.05, 0.1) is 19.9 Å². The summed E-state index contributed by atoms with van der Waals surface area (Å²) in [6.07, 6.45) is 7.75. The molecule has 0 aliphatic heterocycles. The number of methoxy groups -OCH3 is 2. The molecule has 0 aromatic heterocycles. The van der Waals surface area contributed by atoms with Crippen LogP contribution in [-0.2, 0) is 11.2 Å². The highest BCUT2D eigenvalue weighted by Gasteiger charge is 2.09. The van der Waals surface area contributed by atoms with E-state index < -0.39 is 0 Å². The maximum absolute atomic E-state index is 12.1. The summed E-state index contributed by atoms with van der Waals surface area (Å²) in [7, 11) is 6.91. The molecular weight excluding hydrogens is 456 g/mol. The first-order valence-corrected chi connectivity index (χ1v) is 11.8. The van der Waals surface area contributed by atoms with Gasteiger partial charge in [-0.25, -0.2) is 4.90 Å². The fourth-order valence-corrected chi connectivity index (χ4v) is 3.47. The minimum Gasteiger partial charge on any atom is -0.497 e. The largest absolute Gasteiger partial charge is 0.497 e. The average molecular weight is 493 g/mol. The lowest BCUT2D eigenvalue weighted by Gasteiger charge is -2.17. The van der Waals surface area contributed by atoms with E-state index in [1.807, 2.05) is 48.7 Å². The second-order valence-corrected chi connectivity index (χ2v) is 8.19. The summed E-state index contributed by atoms with van der Waals surface area (Å²) < 4.78 is 10.7. The van der Waals surface area contributed by atoms with Crippen LogP contribution in [0.25, 0.3) is 6.08 Å². The van der Waals surface area contributed by atoms with Crippen molar-refractivity contribution in [2.45, 2.75) is 19.3 Å². The summed E-state index contributed by atoms with van der Waals surface area (Å²) in [5.74, 6) is 1.69. The van der Waals surface area contributed by atoms with Crippen molar-refractivity contribution >= 4 is 23.6 Å². The summed E-state index contributed by atoms with van der Waals surface area (Å²) in [5, 5.41) is 12.2. The van der Waals surface area contributed by atoms with Gasteiger partial charge >= 0.3 is 0 Å². The normalized spacial score (nSPS) is 11.4. The smallest absolute Gasteiger partial charge is 0.223 e. The summed E-state index contributed by atoms with van der Waals surface area (Å²) in [4.78, 5) is 19.4. The monoisotopic (exact) mass is 492 g/mol. The third-order valence-electron chi connectivity index (χ3n) is 5.56. The van der Waals surface area contributed by atoms with Gasteiger partial charge in [0.15, 0.2) is 6.19 Å². The molecule has 2 aromatic carbocycles. The maximum Gasteiger partial charge on any atom is 0.223 e. The van der Waals surface area contributed by atoms with Crippen molar-refractivity contribution in [1.82, 2.24) is 10.2 Å². The third kappa shape index (κ3) is 9.31. The second-order valence-electron chi connectivity index (χ2n) is 8.19. The van der Waals surface area contributed by atoms with Gasteiger partial charge in [0.25, 0.3) is 0 Å². The number of anilines is 1. The van der Waals surface area contributed by atoms with Gasteiger partial charge in [-0.2, -0.15) is 5.26 Å². The number of likely N-dealkylation sites (N-methyl/N-ethyl adjacent to an activating group) is 1. The SMILES string of the molecule is CN=C(N)N(C#N)c1ccc(/C=C/CC(=O)NCCCN(C)CCc2cc(OC)cc(OC)c2)cc1. The number of nitriles is 1. The molecule has 0 bridgehead atoms. The van der Waals surface area contributed by atoms with E-state index in [1.165, 1.54) is 11.9 Å². The fraction of sp³-hybridized carbons (Fsp3) is 0.370. The lowest BCUT2D eigenvalue weighted by Crippen LogP contribution is -2.33. The molecule has 9 nitrogen and oxygen atoms in total. The Morgan fingerprint density at radius 3 is 2.39 bits per heavy atom. The standard InChI is InChI=1S/C27H36N6O3/c1-30-27(29)33(20-28)23-11-9-21(10-12-23)7-5-8-26(34)31-14-6-15-32(2)16-13-22-17-24(35-3)19-25(18-22)36-4/h5,7,9-12,17-19H,6,8,13-16H2,1-4H3,(H2,29,30)(H,31,34)/b7-5+. The first-order chi connectivity index (χ1) is 17.4. The first-order valence-electron chi connectivity index (χ1n) is 11.8. The summed E-state index contributed by atoms with van der Waals surface area (Å²) >= 11 is 0. The Hall–Kier alpha value is -4.03. The molecular formula is C27H36N6O3. The summed E-state index contributed by atoms with van der Waals surface area (Å²) in [5.41, 5.74) is 8.43. The van der Waals surface area contributed by atoms with Crippen molar-refractivity contribution in [3.63, 3.8) is 0 Å². The molecule has 192 valence electrons. The predicted octanol–water partition coefficient (Wildman–Crippen LogP) is 3.02. The van der Waals surface area contributed by atoms with Gasteiger partial charge in [0.2, 0.25) is 11.9 Å². The number of nitrogens with one attached hydrogen (secondary N) is 1. The van der Waals surface area contributed by atoms with Gasteiger partial charge in [0, 0.05) is 32.6 Å². The molecule has 2 aromatic rings. The fourth-order valence-electron chi connectivity index (χ4n) is 3.47. The molecule has 0 aliphatic carbocycles. The number of hydrogen-bond acceptors (Lipinski definition) is 6. The summed E-state index contributed by atoms with van der Waals surface area (Å²) in [6, 6.07) is 13.2. The number of carbonyl (C=O) groups is 1. The first kappa shape index (κ1) is 28.2. The van der Waals surface area contributed by atoms with Crippen LogP contribution in [0.5, 0.6) is 11.5 Å². The molecule has 3 N–H and O–H groups in total. The van der Waals surface area contributed by atoms with E-state index in [0.29, 0.717) is 18.7 Å². The van der Waals surface area contributed by atoms with Crippen LogP contribution in [-0.4, -0.2) is 64.7 Å². The van der Waals surface area contributed by atoms with Crippen molar-refractivity contribution < 1.29 is 14.3 Å². The number of guanidine groups is 1. The van der Waals surface area contributed by atoms with E-state index in [4.69, 9.17) is 15.2 Å². The Kier molecular flexibility index (Phi) is 11.8. The van der Waals surface area contributed by atoms with E-state index in [0.717, 1.165) is 48.6 Å². The molecule has 0 radical (unpaired) electrons. The number of nitrogens with zero attached hydrogens (tertiary/aromatic N) is 4. The van der Waals surface area contributed by atoms with E-state index in [2.05, 4.69) is 22.3 Å². The molecule has 9 heteroatoms. The van der Waals surface area contributed by atoms with E-state index in [9.17, 15) is 10.1 Å². The van der Waals surface area contributed by atoms with Crippen LogP contribution in [0.3, 0.4) is 0 Å². The molecule has 0 spiro atoms. The average Bonchev–Trinajstić information content (AvgIpc) is 2.90. The Balaban J connectivity index is 1.67. The number of amides is 1. The van der Waals surface area contributed by atoms with Crippen molar-refractivity contribution in [3.05, 3.63) is 59.7 Å². The van der Waals surface area contributed by atoms with E-state index in [1.54, 1.807) is 26.4 Å². The van der Waals surface area contributed by atoms with Crippen molar-refractivity contribution in [3.8, 4) is 17.7 Å². The summed E-state index contributed by atoms with van der Waals surface area (Å²) in [6.45, 7) is 2.41. The number of hydrogen-bond donors (Lipinski definition) is 2. The van der Waals surface area contributed by atoms with Crippen LogP contribution in [0.2, 0.25) is 0 Å². The highest BCUT2D eigenvalue weighted by atomic mass is 16.5. The van der Waals surface area contributed by atoms with Crippen LogP contribution in [0.4, 0.5) is 5.69 Å². The Bertz CT molecular complexity index is 1050. The van der Waals surface area contributed by atoms with Gasteiger partial charge in [-0.05, 0) is 61.8 Å². The number of ether oxygens (including phenoxy) is 2. The van der Waals surface area contributed by atoms with Gasteiger partial charge in [0.1, 0.15) is 11.5 Å². The molecule has 36 heavy (non-hydrogen) atoms. The zero-order valence-corrected chi connectivity index (χ0v) is 21.5. The van der Waals surface area contributed by atoms with E-state index >= 15 is 0 Å². The highest BCUT2D eigenvalue weighted by molar-refractivity contribution is 5.97. The van der Waals surface area contributed by atoms with Crippen LogP contribution in [0.15, 0.2) is 53.5 Å². The number of benzene rings is 2. The Labute approximate surface area is 213 Å². The number of rotatable bonds is 13. The minimum atomic E-state index is -0.0171. The minimum absolute atomic E-state index is 0.0171.